The number of hydrogen-bond donors (Lipinski definition) is 2. The molecule has 22 heavy (non-hydrogen) atoms. The van der Waals surface area contributed by atoms with Crippen molar-refractivity contribution >= 4 is 34.8 Å². The van der Waals surface area contributed by atoms with E-state index in [1.165, 1.54) is 0 Å². The first-order chi connectivity index (χ1) is 10.3. The zero-order valence-electron chi connectivity index (χ0n) is 12.3. The average molecular weight is 363 g/mol. The molecule has 6 heteroatoms. The summed E-state index contributed by atoms with van der Waals surface area (Å²) in [7, 11) is 0. The van der Waals surface area contributed by atoms with Crippen LogP contribution in [0.4, 0.5) is 0 Å². The lowest BCUT2D eigenvalue weighted by atomic mass is 9.84. The van der Waals surface area contributed by atoms with E-state index in [-0.39, 0.29) is 0 Å². The van der Waals surface area contributed by atoms with E-state index in [0.29, 0.717) is 21.7 Å². The highest BCUT2D eigenvalue weighted by atomic mass is 35.5. The lowest BCUT2D eigenvalue weighted by Gasteiger charge is -2.34. The van der Waals surface area contributed by atoms with Crippen molar-refractivity contribution < 1.29 is 9.84 Å². The zero-order chi connectivity index (χ0) is 16.3. The van der Waals surface area contributed by atoms with Crippen molar-refractivity contribution in [3.8, 4) is 5.75 Å². The van der Waals surface area contributed by atoms with Gasteiger partial charge in [-0.1, -0.05) is 37.0 Å². The van der Waals surface area contributed by atoms with Crippen LogP contribution in [0, 0.1) is 5.41 Å². The van der Waals surface area contributed by atoms with Crippen LogP contribution in [0.3, 0.4) is 0 Å². The fourth-order valence-corrected chi connectivity index (χ4v) is 2.63. The molecule has 2 N–H and O–H groups in total. The Morgan fingerprint density at radius 1 is 1.27 bits per heavy atom. The van der Waals surface area contributed by atoms with E-state index in [1.807, 2.05) is 26.0 Å². The molecule has 1 aromatic heterocycles. The van der Waals surface area contributed by atoms with Crippen molar-refractivity contribution in [1.29, 1.82) is 0 Å². The Hall–Kier alpha value is -0.870. The molecule has 0 aliphatic rings. The Bertz CT molecular complexity index is 614. The molecular formula is C16H18Cl3NO2. The summed E-state index contributed by atoms with van der Waals surface area (Å²) in [6.07, 6.45) is 0.327. The number of alkyl halides is 1. The van der Waals surface area contributed by atoms with Gasteiger partial charge >= 0.3 is 0 Å². The van der Waals surface area contributed by atoms with E-state index >= 15 is 0 Å². The number of aliphatic hydroxyl groups is 1. The van der Waals surface area contributed by atoms with Crippen molar-refractivity contribution in [2.45, 2.75) is 26.1 Å². The molecule has 0 spiro atoms. The summed E-state index contributed by atoms with van der Waals surface area (Å²) in [6, 6.07) is 8.66. The molecule has 0 amide bonds. The molecule has 0 radical (unpaired) electrons. The molecule has 0 bridgehead atoms. The Morgan fingerprint density at radius 2 is 2.00 bits per heavy atom. The number of ether oxygens (including phenoxy) is 1. The number of benzene rings is 1. The second-order valence-electron chi connectivity index (χ2n) is 5.81. The third-order valence-corrected chi connectivity index (χ3v) is 4.73. The summed E-state index contributed by atoms with van der Waals surface area (Å²) in [6.45, 7) is 3.76. The zero-order valence-corrected chi connectivity index (χ0v) is 14.6. The molecule has 2 unspecified atom stereocenters. The lowest BCUT2D eigenvalue weighted by molar-refractivity contribution is -0.0333. The van der Waals surface area contributed by atoms with Gasteiger partial charge in [0.05, 0.1) is 10.7 Å². The van der Waals surface area contributed by atoms with Crippen LogP contribution < -0.4 is 4.74 Å². The summed E-state index contributed by atoms with van der Waals surface area (Å²) >= 11 is 18.0. The average Bonchev–Trinajstić information content (AvgIpc) is 3.00. The van der Waals surface area contributed by atoms with Gasteiger partial charge < -0.3 is 14.8 Å². The minimum absolute atomic E-state index is 0.295. The molecule has 2 atom stereocenters. The van der Waals surface area contributed by atoms with Gasteiger partial charge in [-0.05, 0) is 30.3 Å². The van der Waals surface area contributed by atoms with Gasteiger partial charge in [-0.2, -0.15) is 0 Å². The van der Waals surface area contributed by atoms with Gasteiger partial charge in [-0.3, -0.25) is 0 Å². The van der Waals surface area contributed by atoms with Crippen molar-refractivity contribution in [3.63, 3.8) is 0 Å². The maximum Gasteiger partial charge on any atom is 0.165 e. The van der Waals surface area contributed by atoms with E-state index in [4.69, 9.17) is 39.5 Å². The smallest absolute Gasteiger partial charge is 0.165 e. The third-order valence-electron chi connectivity index (χ3n) is 3.51. The van der Waals surface area contributed by atoms with Crippen LogP contribution in [0.15, 0.2) is 36.5 Å². The largest absolute Gasteiger partial charge is 0.480 e. The Labute approximate surface area is 145 Å². The Morgan fingerprint density at radius 3 is 2.55 bits per heavy atom. The van der Waals surface area contributed by atoms with Crippen LogP contribution in [0.25, 0.3) is 0 Å². The summed E-state index contributed by atoms with van der Waals surface area (Å²) in [5, 5.41) is 11.6. The van der Waals surface area contributed by atoms with Gasteiger partial charge in [0, 0.05) is 22.5 Å². The maximum absolute atomic E-state index is 10.7. The van der Waals surface area contributed by atoms with Gasteiger partial charge in [-0.15, -0.1) is 11.6 Å². The SMILES string of the molecule is CC(C)(CCl)C(O)C(Oc1ccc(Cl)cc1Cl)c1ccc[nH]1. The van der Waals surface area contributed by atoms with Gasteiger partial charge in [0.25, 0.3) is 0 Å². The molecule has 1 aromatic carbocycles. The third kappa shape index (κ3) is 3.90. The van der Waals surface area contributed by atoms with Crippen LogP contribution in [-0.4, -0.2) is 22.1 Å². The van der Waals surface area contributed by atoms with Gasteiger partial charge in [0.15, 0.2) is 6.10 Å². The molecule has 1 heterocycles. The number of H-pyrrole nitrogens is 1. The summed E-state index contributed by atoms with van der Waals surface area (Å²) < 4.78 is 5.96. The summed E-state index contributed by atoms with van der Waals surface area (Å²) in [5.74, 6) is 0.749. The molecule has 0 aliphatic heterocycles. The first kappa shape index (κ1) is 17.5. The highest BCUT2D eigenvalue weighted by molar-refractivity contribution is 6.35. The van der Waals surface area contributed by atoms with Gasteiger partial charge in [0.2, 0.25) is 0 Å². The molecule has 2 aromatic rings. The second kappa shape index (κ2) is 7.14. The predicted octanol–water partition coefficient (Wildman–Crippen LogP) is 5.07. The van der Waals surface area contributed by atoms with E-state index < -0.39 is 17.6 Å². The first-order valence-electron chi connectivity index (χ1n) is 6.84. The number of hydrogen-bond acceptors (Lipinski definition) is 2. The van der Waals surface area contributed by atoms with E-state index in [2.05, 4.69) is 4.98 Å². The van der Waals surface area contributed by atoms with Gasteiger partial charge in [0.1, 0.15) is 11.9 Å². The van der Waals surface area contributed by atoms with Crippen molar-refractivity contribution in [2.24, 2.45) is 5.41 Å². The summed E-state index contributed by atoms with van der Waals surface area (Å²) in [4.78, 5) is 3.07. The molecule has 0 saturated heterocycles. The second-order valence-corrected chi connectivity index (χ2v) is 6.92. The van der Waals surface area contributed by atoms with Gasteiger partial charge in [-0.25, -0.2) is 0 Å². The van der Waals surface area contributed by atoms with E-state index in [1.54, 1.807) is 24.4 Å². The molecular weight excluding hydrogens is 345 g/mol. The van der Waals surface area contributed by atoms with E-state index in [9.17, 15) is 5.11 Å². The maximum atomic E-state index is 10.7. The number of rotatable bonds is 6. The molecule has 3 nitrogen and oxygen atoms in total. The quantitative estimate of drug-likeness (QED) is 0.705. The molecule has 120 valence electrons. The fourth-order valence-electron chi connectivity index (χ4n) is 2.02. The van der Waals surface area contributed by atoms with E-state index in [0.717, 1.165) is 5.69 Å². The molecule has 0 aliphatic carbocycles. The Kier molecular flexibility index (Phi) is 5.67. The topological polar surface area (TPSA) is 45.2 Å². The van der Waals surface area contributed by atoms with Crippen LogP contribution >= 0.6 is 34.8 Å². The number of nitrogens with one attached hydrogen (secondary N) is 1. The number of aromatic nitrogens is 1. The highest BCUT2D eigenvalue weighted by Crippen LogP contribution is 2.37. The predicted molar refractivity (Wildman–Crippen MR) is 91.1 cm³/mol. The van der Waals surface area contributed by atoms with Crippen molar-refractivity contribution in [2.75, 3.05) is 5.88 Å². The summed E-state index contributed by atoms with van der Waals surface area (Å²) in [5.41, 5.74) is 0.215. The van der Waals surface area contributed by atoms with Crippen LogP contribution in [0.2, 0.25) is 10.0 Å². The molecule has 2 rings (SSSR count). The lowest BCUT2D eigenvalue weighted by Crippen LogP contribution is -2.38. The minimum atomic E-state index is -0.824. The first-order valence-corrected chi connectivity index (χ1v) is 8.13. The number of aromatic amines is 1. The van der Waals surface area contributed by atoms with Crippen LogP contribution in [0.5, 0.6) is 5.75 Å². The minimum Gasteiger partial charge on any atom is -0.480 e. The molecule has 0 fully saturated rings. The normalized spacial score (nSPS) is 14.6. The number of aliphatic hydroxyl groups excluding tert-OH is 1. The van der Waals surface area contributed by atoms with Crippen molar-refractivity contribution in [3.05, 3.63) is 52.3 Å². The van der Waals surface area contributed by atoms with Crippen LogP contribution in [-0.2, 0) is 0 Å². The molecule has 0 saturated carbocycles. The fraction of sp³-hybridized carbons (Fsp3) is 0.375. The Balaban J connectivity index is 2.33. The highest BCUT2D eigenvalue weighted by Gasteiger charge is 2.37. The monoisotopic (exact) mass is 361 g/mol. The van der Waals surface area contributed by atoms with Crippen LogP contribution in [0.1, 0.15) is 25.6 Å². The number of halogens is 3. The van der Waals surface area contributed by atoms with Crippen molar-refractivity contribution in [1.82, 2.24) is 4.98 Å². The standard InChI is InChI=1S/C16H18Cl3NO2/c1-16(2,9-17)15(21)14(12-4-3-7-20-12)22-13-6-5-10(18)8-11(13)19/h3-8,14-15,20-21H,9H2,1-2H3.